The van der Waals surface area contributed by atoms with Gasteiger partial charge in [-0.05, 0) is 43.0 Å². The van der Waals surface area contributed by atoms with Crippen LogP contribution < -0.4 is 4.90 Å². The minimum Gasteiger partial charge on any atom is -0.377 e. The molecule has 1 amide bonds. The molecule has 0 unspecified atom stereocenters. The van der Waals surface area contributed by atoms with Crippen LogP contribution in [0.25, 0.3) is 28.2 Å². The molecule has 2 saturated heterocycles. The Hall–Kier alpha value is -3.81. The van der Waals surface area contributed by atoms with Crippen LogP contribution in [-0.4, -0.2) is 74.2 Å². The van der Waals surface area contributed by atoms with E-state index in [4.69, 9.17) is 9.72 Å². The van der Waals surface area contributed by atoms with Gasteiger partial charge in [0, 0.05) is 43.6 Å². The summed E-state index contributed by atoms with van der Waals surface area (Å²) in [5, 5.41) is 26.2. The highest BCUT2D eigenvalue weighted by Crippen LogP contribution is 2.46. The van der Waals surface area contributed by atoms with E-state index in [1.54, 1.807) is 17.0 Å². The van der Waals surface area contributed by atoms with Gasteiger partial charge in [-0.15, -0.1) is 0 Å². The normalized spacial score (nSPS) is 21.5. The third-order valence-electron chi connectivity index (χ3n) is 7.51. The molecule has 1 N–H and O–H groups in total. The molecule has 3 aromatic heterocycles. The average Bonchev–Trinajstić information content (AvgIpc) is 3.67. The third kappa shape index (κ3) is 4.24. The topological polar surface area (TPSA) is 120 Å². The summed E-state index contributed by atoms with van der Waals surface area (Å²) in [7, 11) is 1.85. The summed E-state index contributed by atoms with van der Waals surface area (Å²) in [5.74, 6) is 0.765. The summed E-state index contributed by atoms with van der Waals surface area (Å²) in [4.78, 5) is 25.8. The summed E-state index contributed by atoms with van der Waals surface area (Å²) in [6, 6.07) is 6.20. The molecule has 3 fully saturated rings. The summed E-state index contributed by atoms with van der Waals surface area (Å²) < 4.78 is 7.11. The summed E-state index contributed by atoms with van der Waals surface area (Å²) in [5.41, 5.74) is 4.68. The molecule has 0 radical (unpaired) electrons. The highest BCUT2D eigenvalue weighted by molar-refractivity contribution is 5.95. The smallest absolute Gasteiger partial charge is 0.227 e. The molecule has 2 aliphatic heterocycles. The van der Waals surface area contributed by atoms with E-state index in [1.165, 1.54) is 4.90 Å². The van der Waals surface area contributed by atoms with E-state index in [-0.39, 0.29) is 18.6 Å². The van der Waals surface area contributed by atoms with Crippen LogP contribution in [0.3, 0.4) is 0 Å². The van der Waals surface area contributed by atoms with Crippen molar-refractivity contribution < 1.29 is 14.6 Å². The molecule has 10 heteroatoms. The van der Waals surface area contributed by atoms with Gasteiger partial charge < -0.3 is 19.6 Å². The third-order valence-corrected chi connectivity index (χ3v) is 7.51. The Bertz CT molecular complexity index is 1430. The summed E-state index contributed by atoms with van der Waals surface area (Å²) in [6.45, 7) is 5.63. The Morgan fingerprint density at radius 2 is 2.08 bits per heavy atom. The number of aliphatic hydroxyl groups excluding tert-OH is 1. The molecular formula is C27H29N7O3. The fourth-order valence-electron chi connectivity index (χ4n) is 5.19. The number of fused-ring (bicyclic) bond motifs is 1. The van der Waals surface area contributed by atoms with Crippen LogP contribution in [0.4, 0.5) is 5.82 Å². The lowest BCUT2D eigenvalue weighted by Gasteiger charge is -2.40. The standard InChI is InChI=1S/C27H29N7O3/c1-3-18-11-20(22-14-29-32(2)27(22)30-18)21-10-17(13-28)26(31-25(21)16-4-5-16)33-7-8-34(24(36)15-33)23(35)12-19-6-9-37-19/h3,10-11,14,16,19,24,36H,1,4-9,12,15H2,2H3/t19-,24-/m1/s1. The highest BCUT2D eigenvalue weighted by atomic mass is 16.5. The zero-order valence-electron chi connectivity index (χ0n) is 20.8. The Morgan fingerprint density at radius 1 is 1.27 bits per heavy atom. The Morgan fingerprint density at radius 3 is 2.73 bits per heavy atom. The molecule has 1 saturated carbocycles. The van der Waals surface area contributed by atoms with Crippen molar-refractivity contribution in [1.29, 1.82) is 5.26 Å². The van der Waals surface area contributed by atoms with E-state index in [1.807, 2.05) is 24.1 Å². The number of nitrogens with zero attached hydrogens (tertiary/aromatic N) is 7. The minimum atomic E-state index is -0.968. The van der Waals surface area contributed by atoms with Gasteiger partial charge in [-0.2, -0.15) is 10.4 Å². The van der Waals surface area contributed by atoms with Crippen molar-refractivity contribution in [2.75, 3.05) is 31.1 Å². The molecule has 190 valence electrons. The maximum absolute atomic E-state index is 12.7. The van der Waals surface area contributed by atoms with Crippen LogP contribution in [0.2, 0.25) is 0 Å². The number of anilines is 1. The number of pyridine rings is 2. The molecule has 10 nitrogen and oxygen atoms in total. The molecule has 1 aliphatic carbocycles. The highest BCUT2D eigenvalue weighted by Gasteiger charge is 2.35. The van der Waals surface area contributed by atoms with Gasteiger partial charge in [0.25, 0.3) is 0 Å². The van der Waals surface area contributed by atoms with Crippen LogP contribution in [0.1, 0.15) is 48.6 Å². The van der Waals surface area contributed by atoms with E-state index in [0.29, 0.717) is 43.4 Å². The number of hydrogen-bond acceptors (Lipinski definition) is 8. The number of piperazine rings is 1. The largest absolute Gasteiger partial charge is 0.377 e. The molecule has 0 aromatic carbocycles. The van der Waals surface area contributed by atoms with Gasteiger partial charge in [-0.3, -0.25) is 9.48 Å². The maximum atomic E-state index is 12.7. The number of β-amino-alcohol motifs (C(OH)–C–C–N with tert-alkyl or cyclic N) is 1. The number of aromatic nitrogens is 4. The number of carbonyl (C=O) groups is 1. The first kappa shape index (κ1) is 23.6. The summed E-state index contributed by atoms with van der Waals surface area (Å²) in [6.07, 6.45) is 5.74. The maximum Gasteiger partial charge on any atom is 0.227 e. The molecule has 5 heterocycles. The average molecular weight is 500 g/mol. The lowest BCUT2D eigenvalue weighted by molar-refractivity contribution is -0.149. The molecule has 0 bridgehead atoms. The first-order valence-electron chi connectivity index (χ1n) is 12.7. The van der Waals surface area contributed by atoms with E-state index in [9.17, 15) is 15.2 Å². The van der Waals surface area contributed by atoms with E-state index < -0.39 is 6.23 Å². The fourth-order valence-corrected chi connectivity index (χ4v) is 5.19. The van der Waals surface area contributed by atoms with E-state index in [0.717, 1.165) is 52.8 Å². The van der Waals surface area contributed by atoms with Gasteiger partial charge in [0.1, 0.15) is 18.1 Å². The Labute approximate surface area is 214 Å². The number of hydrogen-bond donors (Lipinski definition) is 1. The predicted octanol–water partition coefficient (Wildman–Crippen LogP) is 2.57. The van der Waals surface area contributed by atoms with Gasteiger partial charge in [-0.25, -0.2) is 9.97 Å². The number of aryl methyl sites for hydroxylation is 1. The van der Waals surface area contributed by atoms with Crippen molar-refractivity contribution in [3.05, 3.63) is 41.9 Å². The van der Waals surface area contributed by atoms with Gasteiger partial charge in [-0.1, -0.05) is 6.58 Å². The molecule has 0 spiro atoms. The number of rotatable bonds is 6. The molecule has 6 rings (SSSR count). The lowest BCUT2D eigenvalue weighted by Crippen LogP contribution is -2.56. The quantitative estimate of drug-likeness (QED) is 0.549. The van der Waals surface area contributed by atoms with Crippen LogP contribution in [0, 0.1) is 11.3 Å². The van der Waals surface area contributed by atoms with Gasteiger partial charge in [0.15, 0.2) is 5.65 Å². The zero-order chi connectivity index (χ0) is 25.7. The predicted molar refractivity (Wildman–Crippen MR) is 137 cm³/mol. The fraction of sp³-hybridized carbons (Fsp3) is 0.444. The second-order valence-electron chi connectivity index (χ2n) is 9.98. The van der Waals surface area contributed by atoms with Crippen LogP contribution >= 0.6 is 0 Å². The van der Waals surface area contributed by atoms with Crippen LogP contribution in [0.5, 0.6) is 0 Å². The number of nitriles is 1. The van der Waals surface area contributed by atoms with Crippen molar-refractivity contribution in [2.24, 2.45) is 7.05 Å². The number of aliphatic hydroxyl groups is 1. The van der Waals surface area contributed by atoms with Crippen molar-refractivity contribution in [3.8, 4) is 17.2 Å². The van der Waals surface area contributed by atoms with Crippen molar-refractivity contribution in [1.82, 2.24) is 24.6 Å². The first-order valence-corrected chi connectivity index (χ1v) is 12.7. The monoisotopic (exact) mass is 499 g/mol. The second kappa shape index (κ2) is 9.25. The Kier molecular flexibility index (Phi) is 5.89. The van der Waals surface area contributed by atoms with Crippen molar-refractivity contribution in [3.63, 3.8) is 0 Å². The number of amides is 1. The Balaban J connectivity index is 1.35. The minimum absolute atomic E-state index is 0.0423. The lowest BCUT2D eigenvalue weighted by atomic mass is 9.97. The van der Waals surface area contributed by atoms with Crippen LogP contribution in [-0.2, 0) is 16.6 Å². The van der Waals surface area contributed by atoms with Gasteiger partial charge >= 0.3 is 0 Å². The number of carbonyl (C=O) groups excluding carboxylic acids is 1. The van der Waals surface area contributed by atoms with E-state index in [2.05, 4.69) is 22.7 Å². The molecule has 3 aliphatic rings. The van der Waals surface area contributed by atoms with Crippen molar-refractivity contribution in [2.45, 2.75) is 43.9 Å². The molecule has 37 heavy (non-hydrogen) atoms. The summed E-state index contributed by atoms with van der Waals surface area (Å²) >= 11 is 0. The van der Waals surface area contributed by atoms with Gasteiger partial charge in [0.05, 0.1) is 42.2 Å². The van der Waals surface area contributed by atoms with Crippen molar-refractivity contribution >= 4 is 28.8 Å². The first-order chi connectivity index (χ1) is 18.0. The molecule has 2 atom stereocenters. The molecular weight excluding hydrogens is 470 g/mol. The molecule has 3 aromatic rings. The van der Waals surface area contributed by atoms with Crippen LogP contribution in [0.15, 0.2) is 24.9 Å². The number of ether oxygens (including phenoxy) is 1. The van der Waals surface area contributed by atoms with E-state index >= 15 is 0 Å². The zero-order valence-corrected chi connectivity index (χ0v) is 20.8. The SMILES string of the molecule is C=Cc1cc(-c2cc(C#N)c(N3CCN(C(=O)C[C@H]4CCO4)[C@H](O)C3)nc2C2CC2)c2cnn(C)c2n1. The second-order valence-corrected chi connectivity index (χ2v) is 9.98. The van der Waals surface area contributed by atoms with Gasteiger partial charge in [0.2, 0.25) is 5.91 Å².